The van der Waals surface area contributed by atoms with Crippen molar-refractivity contribution in [3.8, 4) is 0 Å². The highest BCUT2D eigenvalue weighted by Crippen LogP contribution is 2.22. The van der Waals surface area contributed by atoms with Gasteiger partial charge in [-0.15, -0.1) is 0 Å². The molecule has 0 aromatic heterocycles. The van der Waals surface area contributed by atoms with Gasteiger partial charge in [0.25, 0.3) is 0 Å². The maximum atomic E-state index is 12.1. The average molecular weight is 283 g/mol. The van der Waals surface area contributed by atoms with Gasteiger partial charge >= 0.3 is 12.1 Å². The van der Waals surface area contributed by atoms with Crippen molar-refractivity contribution in [2.45, 2.75) is 59.1 Å². The van der Waals surface area contributed by atoms with Crippen LogP contribution in [0, 0.1) is 0 Å². The zero-order chi connectivity index (χ0) is 15.3. The number of rotatable bonds is 3. The van der Waals surface area contributed by atoms with Gasteiger partial charge in [0.1, 0.15) is 5.60 Å². The summed E-state index contributed by atoms with van der Waals surface area (Å²) in [6.07, 6.45) is 3.23. The van der Waals surface area contributed by atoms with Crippen molar-refractivity contribution in [1.29, 1.82) is 0 Å². The van der Waals surface area contributed by atoms with E-state index in [-0.39, 0.29) is 18.1 Å². The van der Waals surface area contributed by atoms with Gasteiger partial charge < -0.3 is 14.4 Å². The molecule has 0 radical (unpaired) electrons. The van der Waals surface area contributed by atoms with Gasteiger partial charge in [-0.1, -0.05) is 6.08 Å². The number of nitrogens with zero attached hydrogens (tertiary/aromatic N) is 1. The van der Waals surface area contributed by atoms with Crippen molar-refractivity contribution in [3.63, 3.8) is 0 Å². The Morgan fingerprint density at radius 2 is 2.00 bits per heavy atom. The second-order valence-corrected chi connectivity index (χ2v) is 5.95. The van der Waals surface area contributed by atoms with E-state index in [2.05, 4.69) is 0 Å². The Bertz CT molecular complexity index is 395. The number of carbonyl (C=O) groups excluding carboxylic acids is 2. The Kier molecular flexibility index (Phi) is 5.60. The summed E-state index contributed by atoms with van der Waals surface area (Å²) >= 11 is 0. The van der Waals surface area contributed by atoms with E-state index in [1.165, 1.54) is 0 Å². The van der Waals surface area contributed by atoms with Crippen LogP contribution in [0.25, 0.3) is 0 Å². The number of ether oxygens (including phenoxy) is 2. The van der Waals surface area contributed by atoms with Crippen LogP contribution in [0.4, 0.5) is 4.79 Å². The minimum Gasteiger partial charge on any atom is -0.463 e. The first-order valence-electron chi connectivity index (χ1n) is 7.09. The van der Waals surface area contributed by atoms with E-state index in [0.717, 1.165) is 12.8 Å². The summed E-state index contributed by atoms with van der Waals surface area (Å²) in [6, 6.07) is -0.0887. The highest BCUT2D eigenvalue weighted by atomic mass is 16.6. The van der Waals surface area contributed by atoms with Crippen LogP contribution < -0.4 is 0 Å². The SMILES string of the molecule is CCOC(=O)C(C)=CC1CCCN1C(=O)OC(C)(C)C. The molecule has 5 heteroatoms. The number of likely N-dealkylation sites (tertiary alicyclic amines) is 1. The van der Waals surface area contributed by atoms with Crippen LogP contribution in [0.5, 0.6) is 0 Å². The number of esters is 1. The van der Waals surface area contributed by atoms with Gasteiger partial charge in [-0.2, -0.15) is 0 Å². The van der Waals surface area contributed by atoms with Crippen LogP contribution in [-0.2, 0) is 14.3 Å². The summed E-state index contributed by atoms with van der Waals surface area (Å²) in [5, 5.41) is 0. The van der Waals surface area contributed by atoms with Crippen LogP contribution >= 0.6 is 0 Å². The number of hydrogen-bond donors (Lipinski definition) is 0. The fourth-order valence-corrected chi connectivity index (χ4v) is 2.11. The molecule has 0 aromatic carbocycles. The number of carbonyl (C=O) groups is 2. The lowest BCUT2D eigenvalue weighted by atomic mass is 10.1. The number of amides is 1. The molecule has 20 heavy (non-hydrogen) atoms. The van der Waals surface area contributed by atoms with E-state index in [1.807, 2.05) is 20.8 Å². The van der Waals surface area contributed by atoms with E-state index in [1.54, 1.807) is 24.8 Å². The molecular formula is C15H25NO4. The molecule has 1 aliphatic heterocycles. The summed E-state index contributed by atoms with van der Waals surface area (Å²) in [7, 11) is 0. The Balaban J connectivity index is 2.72. The van der Waals surface area contributed by atoms with Gasteiger partial charge in [-0.3, -0.25) is 0 Å². The Hall–Kier alpha value is -1.52. The second kappa shape index (κ2) is 6.77. The maximum absolute atomic E-state index is 12.1. The molecule has 0 aromatic rings. The zero-order valence-corrected chi connectivity index (χ0v) is 13.1. The van der Waals surface area contributed by atoms with Crippen molar-refractivity contribution in [2.75, 3.05) is 13.2 Å². The van der Waals surface area contributed by atoms with Crippen molar-refractivity contribution in [1.82, 2.24) is 4.90 Å². The molecule has 0 aliphatic carbocycles. The molecule has 1 rings (SSSR count). The third-order valence-electron chi connectivity index (χ3n) is 2.97. The largest absolute Gasteiger partial charge is 0.463 e. The standard InChI is InChI=1S/C15H25NO4/c1-6-19-13(17)11(2)10-12-8-7-9-16(12)14(18)20-15(3,4)5/h10,12H,6-9H2,1-5H3. The molecule has 114 valence electrons. The predicted octanol–water partition coefficient (Wildman–Crippen LogP) is 2.90. The molecule has 1 heterocycles. The molecule has 1 saturated heterocycles. The molecule has 1 atom stereocenters. The average Bonchev–Trinajstić information content (AvgIpc) is 2.75. The van der Waals surface area contributed by atoms with Gasteiger partial charge in [0.2, 0.25) is 0 Å². The maximum Gasteiger partial charge on any atom is 0.410 e. The first-order chi connectivity index (χ1) is 9.24. The van der Waals surface area contributed by atoms with Crippen molar-refractivity contribution in [2.24, 2.45) is 0 Å². The molecule has 0 bridgehead atoms. The molecular weight excluding hydrogens is 258 g/mol. The molecule has 0 N–H and O–H groups in total. The monoisotopic (exact) mass is 283 g/mol. The van der Waals surface area contributed by atoms with E-state index in [0.29, 0.717) is 18.7 Å². The Morgan fingerprint density at radius 1 is 1.35 bits per heavy atom. The fourth-order valence-electron chi connectivity index (χ4n) is 2.11. The first kappa shape index (κ1) is 16.5. The third kappa shape index (κ3) is 4.87. The lowest BCUT2D eigenvalue weighted by molar-refractivity contribution is -0.138. The van der Waals surface area contributed by atoms with E-state index < -0.39 is 5.60 Å². The molecule has 1 amide bonds. The quantitative estimate of drug-likeness (QED) is 0.590. The van der Waals surface area contributed by atoms with Gasteiger partial charge in [0.15, 0.2) is 0 Å². The number of hydrogen-bond acceptors (Lipinski definition) is 4. The van der Waals surface area contributed by atoms with E-state index in [9.17, 15) is 9.59 Å². The third-order valence-corrected chi connectivity index (χ3v) is 2.97. The zero-order valence-electron chi connectivity index (χ0n) is 13.1. The summed E-state index contributed by atoms with van der Waals surface area (Å²) in [5.41, 5.74) is 0.0247. The Morgan fingerprint density at radius 3 is 2.55 bits per heavy atom. The minimum absolute atomic E-state index is 0.0887. The first-order valence-corrected chi connectivity index (χ1v) is 7.09. The van der Waals surface area contributed by atoms with E-state index >= 15 is 0 Å². The second-order valence-electron chi connectivity index (χ2n) is 5.95. The molecule has 1 fully saturated rings. The Labute approximate surface area is 120 Å². The summed E-state index contributed by atoms with van der Waals surface area (Å²) in [5.74, 6) is -0.330. The van der Waals surface area contributed by atoms with Crippen molar-refractivity contribution in [3.05, 3.63) is 11.6 Å². The van der Waals surface area contributed by atoms with Crippen LogP contribution in [-0.4, -0.2) is 41.8 Å². The van der Waals surface area contributed by atoms with E-state index in [4.69, 9.17) is 9.47 Å². The molecule has 1 unspecified atom stereocenters. The molecule has 0 spiro atoms. The fraction of sp³-hybridized carbons (Fsp3) is 0.733. The van der Waals surface area contributed by atoms with Crippen molar-refractivity contribution >= 4 is 12.1 Å². The van der Waals surface area contributed by atoms with Gasteiger partial charge in [0, 0.05) is 12.1 Å². The molecule has 1 aliphatic rings. The molecule has 0 saturated carbocycles. The van der Waals surface area contributed by atoms with Crippen LogP contribution in [0.3, 0.4) is 0 Å². The predicted molar refractivity (Wildman–Crippen MR) is 76.4 cm³/mol. The molecule has 5 nitrogen and oxygen atoms in total. The van der Waals surface area contributed by atoms with Crippen molar-refractivity contribution < 1.29 is 19.1 Å². The lowest BCUT2D eigenvalue weighted by Crippen LogP contribution is -2.39. The summed E-state index contributed by atoms with van der Waals surface area (Å²) < 4.78 is 10.3. The summed E-state index contributed by atoms with van der Waals surface area (Å²) in [6.45, 7) is 10.0. The van der Waals surface area contributed by atoms with Crippen LogP contribution in [0.2, 0.25) is 0 Å². The van der Waals surface area contributed by atoms with Crippen LogP contribution in [0.15, 0.2) is 11.6 Å². The minimum atomic E-state index is -0.510. The lowest BCUT2D eigenvalue weighted by Gasteiger charge is -2.27. The smallest absolute Gasteiger partial charge is 0.410 e. The normalized spacial score (nSPS) is 19.9. The van der Waals surface area contributed by atoms with Gasteiger partial charge in [0.05, 0.1) is 12.6 Å². The van der Waals surface area contributed by atoms with Gasteiger partial charge in [-0.25, -0.2) is 9.59 Å². The topological polar surface area (TPSA) is 55.8 Å². The highest BCUT2D eigenvalue weighted by Gasteiger charge is 2.31. The van der Waals surface area contributed by atoms with Gasteiger partial charge in [-0.05, 0) is 47.5 Å². The highest BCUT2D eigenvalue weighted by molar-refractivity contribution is 5.88. The van der Waals surface area contributed by atoms with Crippen LogP contribution in [0.1, 0.15) is 47.5 Å². The summed E-state index contributed by atoms with van der Waals surface area (Å²) in [4.78, 5) is 25.4.